The van der Waals surface area contributed by atoms with E-state index in [1.54, 1.807) is 13.2 Å². The third kappa shape index (κ3) is 5.54. The Morgan fingerprint density at radius 3 is 2.61 bits per heavy atom. The minimum absolute atomic E-state index is 0.180. The summed E-state index contributed by atoms with van der Waals surface area (Å²) >= 11 is 3.45. The maximum Gasteiger partial charge on any atom is 0.248 e. The molecule has 0 aromatic heterocycles. The summed E-state index contributed by atoms with van der Waals surface area (Å²) in [5.41, 5.74) is 2.78. The Bertz CT molecular complexity index is 696. The Morgan fingerprint density at radius 2 is 1.96 bits per heavy atom. The molecule has 0 radical (unpaired) electrons. The van der Waals surface area contributed by atoms with Crippen molar-refractivity contribution in [2.75, 3.05) is 19.2 Å². The zero-order valence-corrected chi connectivity index (χ0v) is 14.6. The molecule has 2 rings (SSSR count). The third-order valence-electron chi connectivity index (χ3n) is 3.09. The summed E-state index contributed by atoms with van der Waals surface area (Å²) in [7, 11) is 1.57. The zero-order chi connectivity index (χ0) is 16.7. The average Bonchev–Trinajstić information content (AvgIpc) is 2.55. The number of halogens is 1. The lowest BCUT2D eigenvalue weighted by molar-refractivity contribution is -0.111. The van der Waals surface area contributed by atoms with E-state index in [0.29, 0.717) is 0 Å². The van der Waals surface area contributed by atoms with Crippen LogP contribution in [-0.4, -0.2) is 19.8 Å². The molecule has 1 amide bonds. The van der Waals surface area contributed by atoms with Crippen LogP contribution in [0, 0.1) is 6.92 Å². The molecule has 23 heavy (non-hydrogen) atoms. The lowest BCUT2D eigenvalue weighted by atomic mass is 10.2. The van der Waals surface area contributed by atoms with Crippen molar-refractivity contribution in [3.05, 3.63) is 64.1 Å². The molecule has 0 fully saturated rings. The summed E-state index contributed by atoms with van der Waals surface area (Å²) in [5.74, 6) is 0.540. The van der Waals surface area contributed by atoms with Gasteiger partial charge < -0.3 is 14.8 Å². The topological polar surface area (TPSA) is 47.6 Å². The van der Waals surface area contributed by atoms with Crippen LogP contribution in [0.1, 0.15) is 11.1 Å². The van der Waals surface area contributed by atoms with E-state index in [1.165, 1.54) is 6.08 Å². The summed E-state index contributed by atoms with van der Waals surface area (Å²) in [6, 6.07) is 13.1. The first kappa shape index (κ1) is 17.2. The first-order chi connectivity index (χ1) is 11.1. The molecule has 5 heteroatoms. The van der Waals surface area contributed by atoms with Crippen molar-refractivity contribution < 1.29 is 14.3 Å². The summed E-state index contributed by atoms with van der Waals surface area (Å²) in [5, 5.41) is 2.82. The Morgan fingerprint density at radius 1 is 1.22 bits per heavy atom. The normalized spacial score (nSPS) is 10.7. The molecular formula is C18H18BrNO3. The molecule has 0 spiro atoms. The van der Waals surface area contributed by atoms with Gasteiger partial charge in [0, 0.05) is 23.3 Å². The predicted molar refractivity (Wildman–Crippen MR) is 95.5 cm³/mol. The SMILES string of the molecule is COCOc1ccc(/C=C/C(=O)Nc2ccc(C)c(Br)c2)cc1. The van der Waals surface area contributed by atoms with E-state index in [9.17, 15) is 4.79 Å². The van der Waals surface area contributed by atoms with Gasteiger partial charge in [-0.25, -0.2) is 0 Å². The van der Waals surface area contributed by atoms with Crippen LogP contribution in [0.3, 0.4) is 0 Å². The Labute approximate surface area is 144 Å². The van der Waals surface area contributed by atoms with Gasteiger partial charge in [-0.05, 0) is 48.4 Å². The van der Waals surface area contributed by atoms with Crippen LogP contribution in [0.15, 0.2) is 53.0 Å². The Hall–Kier alpha value is -2.11. The van der Waals surface area contributed by atoms with Crippen LogP contribution < -0.4 is 10.1 Å². The zero-order valence-electron chi connectivity index (χ0n) is 13.0. The molecule has 0 aliphatic rings. The molecule has 0 aliphatic carbocycles. The van der Waals surface area contributed by atoms with Gasteiger partial charge in [-0.15, -0.1) is 0 Å². The molecular weight excluding hydrogens is 358 g/mol. The van der Waals surface area contributed by atoms with Crippen molar-refractivity contribution in [2.24, 2.45) is 0 Å². The lowest BCUT2D eigenvalue weighted by Crippen LogP contribution is -2.07. The molecule has 2 aromatic rings. The van der Waals surface area contributed by atoms with E-state index >= 15 is 0 Å². The minimum atomic E-state index is -0.180. The van der Waals surface area contributed by atoms with Crippen LogP contribution in [0.2, 0.25) is 0 Å². The smallest absolute Gasteiger partial charge is 0.248 e. The summed E-state index contributed by atoms with van der Waals surface area (Å²) < 4.78 is 11.1. The number of rotatable bonds is 6. The first-order valence-corrected chi connectivity index (χ1v) is 7.85. The van der Waals surface area contributed by atoms with Crippen LogP contribution in [0.25, 0.3) is 6.08 Å². The summed E-state index contributed by atoms with van der Waals surface area (Å²) in [6.45, 7) is 2.21. The van der Waals surface area contributed by atoms with E-state index in [4.69, 9.17) is 9.47 Å². The molecule has 1 N–H and O–H groups in total. The van der Waals surface area contributed by atoms with Crippen molar-refractivity contribution in [1.82, 2.24) is 0 Å². The second kappa shape index (κ2) is 8.50. The summed E-state index contributed by atoms with van der Waals surface area (Å²) in [4.78, 5) is 11.9. The van der Waals surface area contributed by atoms with Gasteiger partial charge in [0.1, 0.15) is 5.75 Å². The minimum Gasteiger partial charge on any atom is -0.468 e. The number of carbonyl (C=O) groups is 1. The molecule has 0 heterocycles. The van der Waals surface area contributed by atoms with Gasteiger partial charge in [-0.1, -0.05) is 34.1 Å². The van der Waals surface area contributed by atoms with Crippen molar-refractivity contribution in [1.29, 1.82) is 0 Å². The Balaban J connectivity index is 1.93. The van der Waals surface area contributed by atoms with Crippen LogP contribution in [-0.2, 0) is 9.53 Å². The van der Waals surface area contributed by atoms with Crippen molar-refractivity contribution in [3.63, 3.8) is 0 Å². The number of amides is 1. The van der Waals surface area contributed by atoms with Crippen LogP contribution in [0.4, 0.5) is 5.69 Å². The van der Waals surface area contributed by atoms with Crippen molar-refractivity contribution >= 4 is 33.6 Å². The molecule has 0 aliphatic heterocycles. The van der Waals surface area contributed by atoms with Gasteiger partial charge in [0.05, 0.1) is 0 Å². The van der Waals surface area contributed by atoms with Gasteiger partial charge in [0.15, 0.2) is 6.79 Å². The number of nitrogens with one attached hydrogen (secondary N) is 1. The first-order valence-electron chi connectivity index (χ1n) is 7.05. The number of ether oxygens (including phenoxy) is 2. The fourth-order valence-corrected chi connectivity index (χ4v) is 2.21. The molecule has 120 valence electrons. The molecule has 2 aromatic carbocycles. The quantitative estimate of drug-likeness (QED) is 0.601. The molecule has 0 saturated carbocycles. The average molecular weight is 376 g/mol. The van der Waals surface area contributed by atoms with Crippen molar-refractivity contribution in [2.45, 2.75) is 6.92 Å². The van der Waals surface area contributed by atoms with E-state index < -0.39 is 0 Å². The largest absolute Gasteiger partial charge is 0.468 e. The lowest BCUT2D eigenvalue weighted by Gasteiger charge is -2.05. The number of methoxy groups -OCH3 is 1. The van der Waals surface area contributed by atoms with Gasteiger partial charge in [0.25, 0.3) is 0 Å². The molecule has 0 saturated heterocycles. The maximum atomic E-state index is 11.9. The third-order valence-corrected chi connectivity index (χ3v) is 3.94. The van der Waals surface area contributed by atoms with Gasteiger partial charge in [-0.3, -0.25) is 4.79 Å². The number of hydrogen-bond donors (Lipinski definition) is 1. The fourth-order valence-electron chi connectivity index (χ4n) is 1.83. The highest BCUT2D eigenvalue weighted by atomic mass is 79.9. The fraction of sp³-hybridized carbons (Fsp3) is 0.167. The molecule has 0 bridgehead atoms. The standard InChI is InChI=1S/C18H18BrNO3/c1-13-3-7-15(11-17(13)19)20-18(21)10-6-14-4-8-16(9-5-14)23-12-22-2/h3-11H,12H2,1-2H3,(H,20,21)/b10-6+. The highest BCUT2D eigenvalue weighted by molar-refractivity contribution is 9.10. The number of aryl methyl sites for hydroxylation is 1. The van der Waals surface area contributed by atoms with E-state index in [-0.39, 0.29) is 12.7 Å². The molecule has 0 atom stereocenters. The number of anilines is 1. The van der Waals surface area contributed by atoms with Crippen LogP contribution in [0.5, 0.6) is 5.75 Å². The number of carbonyl (C=O) groups excluding carboxylic acids is 1. The Kier molecular flexibility index (Phi) is 6.38. The second-order valence-electron chi connectivity index (χ2n) is 4.91. The highest BCUT2D eigenvalue weighted by Gasteiger charge is 2.01. The highest BCUT2D eigenvalue weighted by Crippen LogP contribution is 2.20. The second-order valence-corrected chi connectivity index (χ2v) is 5.76. The molecule has 4 nitrogen and oxygen atoms in total. The van der Waals surface area contributed by atoms with E-state index in [2.05, 4.69) is 21.2 Å². The van der Waals surface area contributed by atoms with Gasteiger partial charge in [-0.2, -0.15) is 0 Å². The maximum absolute atomic E-state index is 11.9. The van der Waals surface area contributed by atoms with Crippen LogP contribution >= 0.6 is 15.9 Å². The van der Waals surface area contributed by atoms with E-state index in [1.807, 2.05) is 49.4 Å². The number of benzene rings is 2. The predicted octanol–water partition coefficient (Wildman–Crippen LogP) is 4.39. The number of hydrogen-bond acceptors (Lipinski definition) is 3. The van der Waals surface area contributed by atoms with Gasteiger partial charge in [0.2, 0.25) is 5.91 Å². The monoisotopic (exact) mass is 375 g/mol. The van der Waals surface area contributed by atoms with Gasteiger partial charge >= 0.3 is 0 Å². The molecule has 0 unspecified atom stereocenters. The van der Waals surface area contributed by atoms with E-state index in [0.717, 1.165) is 27.0 Å². The van der Waals surface area contributed by atoms with Crippen molar-refractivity contribution in [3.8, 4) is 5.75 Å². The summed E-state index contributed by atoms with van der Waals surface area (Å²) in [6.07, 6.45) is 3.25.